The summed E-state index contributed by atoms with van der Waals surface area (Å²) in [6, 6.07) is 6.31. The lowest BCUT2D eigenvalue weighted by molar-refractivity contribution is -0.0471. The van der Waals surface area contributed by atoms with E-state index in [9.17, 15) is 8.78 Å². The Balaban J connectivity index is 1.06. The summed E-state index contributed by atoms with van der Waals surface area (Å²) in [4.78, 5) is 22.1. The molecule has 4 aromatic rings. The van der Waals surface area contributed by atoms with Gasteiger partial charge >= 0.3 is 0 Å². The summed E-state index contributed by atoms with van der Waals surface area (Å²) in [7, 11) is 2.19. The molecule has 0 radical (unpaired) electrons. The van der Waals surface area contributed by atoms with Crippen LogP contribution in [0, 0.1) is 17.0 Å². The van der Waals surface area contributed by atoms with E-state index in [-0.39, 0.29) is 22.7 Å². The van der Waals surface area contributed by atoms with E-state index in [0.717, 1.165) is 31.4 Å². The number of aryl methyl sites for hydroxylation is 1. The first-order valence-electron chi connectivity index (χ1n) is 13.8. The lowest BCUT2D eigenvalue weighted by atomic mass is 9.72. The average Bonchev–Trinajstić information content (AvgIpc) is 3.51. The molecule has 2 fully saturated rings. The quantitative estimate of drug-likeness (QED) is 0.368. The second-order valence-corrected chi connectivity index (χ2v) is 11.6. The molecular formula is C29H31F3N8. The molecule has 1 atom stereocenters. The highest BCUT2D eigenvalue weighted by atomic mass is 19.1. The van der Waals surface area contributed by atoms with Gasteiger partial charge in [0.25, 0.3) is 0 Å². The Morgan fingerprint density at radius 2 is 1.85 bits per heavy atom. The number of benzene rings is 1. The van der Waals surface area contributed by atoms with Gasteiger partial charge in [-0.25, -0.2) is 33.1 Å². The molecule has 0 bridgehead atoms. The number of rotatable bonds is 6. The van der Waals surface area contributed by atoms with Gasteiger partial charge in [-0.05, 0) is 68.6 Å². The minimum atomic E-state index is -0.687. The number of pyridine rings is 1. The van der Waals surface area contributed by atoms with Gasteiger partial charge in [-0.1, -0.05) is 6.07 Å². The minimum absolute atomic E-state index is 0.0547. The summed E-state index contributed by atoms with van der Waals surface area (Å²) < 4.78 is 45.2. The fourth-order valence-electron chi connectivity index (χ4n) is 6.51. The highest BCUT2D eigenvalue weighted by Gasteiger charge is 2.43. The standard InChI is InChI=1S/C29H31F3N8/c1-38-8-6-29(7-9-38)16-39(17-29)15-18-2-4-24(33-13-18)35-28-34-14-22(32)26(37-28)19-10-21(31)27-23(11-19)40-20(12-30)3-5-25(40)36-27/h2,4,10-11,13-14,20H,3,5-9,12,15-17H2,1H3,(H,33,34,35,37)/t20-/m0/s1. The van der Waals surface area contributed by atoms with Crippen LogP contribution in [0.25, 0.3) is 22.3 Å². The molecule has 208 valence electrons. The van der Waals surface area contributed by atoms with Gasteiger partial charge in [0, 0.05) is 37.8 Å². The molecule has 7 rings (SSSR count). The van der Waals surface area contributed by atoms with Crippen LogP contribution in [0.15, 0.2) is 36.7 Å². The first-order chi connectivity index (χ1) is 19.4. The molecule has 3 aliphatic heterocycles. The van der Waals surface area contributed by atoms with Gasteiger partial charge in [-0.3, -0.25) is 4.90 Å². The molecule has 40 heavy (non-hydrogen) atoms. The molecule has 2 saturated heterocycles. The van der Waals surface area contributed by atoms with Crippen LogP contribution in [-0.4, -0.2) is 74.2 Å². The number of piperidine rings is 1. The predicted molar refractivity (Wildman–Crippen MR) is 146 cm³/mol. The average molecular weight is 549 g/mol. The van der Waals surface area contributed by atoms with Crippen LogP contribution in [-0.2, 0) is 13.0 Å². The molecule has 0 saturated carbocycles. The van der Waals surface area contributed by atoms with Crippen LogP contribution in [0.4, 0.5) is 24.9 Å². The highest BCUT2D eigenvalue weighted by Crippen LogP contribution is 2.41. The maximum Gasteiger partial charge on any atom is 0.229 e. The van der Waals surface area contributed by atoms with Crippen molar-refractivity contribution in [3.63, 3.8) is 0 Å². The summed E-state index contributed by atoms with van der Waals surface area (Å²) in [6.45, 7) is 4.92. The van der Waals surface area contributed by atoms with Gasteiger partial charge in [0.1, 0.15) is 29.5 Å². The number of imidazole rings is 1. The van der Waals surface area contributed by atoms with E-state index in [2.05, 4.69) is 42.1 Å². The van der Waals surface area contributed by atoms with E-state index < -0.39 is 24.4 Å². The third-order valence-electron chi connectivity index (χ3n) is 8.72. The maximum absolute atomic E-state index is 15.0. The predicted octanol–water partition coefficient (Wildman–Crippen LogP) is 4.89. The number of aromatic nitrogens is 5. The zero-order valence-corrected chi connectivity index (χ0v) is 22.4. The first-order valence-corrected chi connectivity index (χ1v) is 13.8. The van der Waals surface area contributed by atoms with Gasteiger partial charge < -0.3 is 14.8 Å². The Bertz CT molecular complexity index is 1550. The molecule has 1 aromatic carbocycles. The van der Waals surface area contributed by atoms with Gasteiger partial charge in [0.15, 0.2) is 11.6 Å². The second kappa shape index (κ2) is 9.81. The van der Waals surface area contributed by atoms with Crippen LogP contribution < -0.4 is 5.32 Å². The number of nitrogens with one attached hydrogen (secondary N) is 1. The largest absolute Gasteiger partial charge is 0.322 e. The highest BCUT2D eigenvalue weighted by molar-refractivity contribution is 5.83. The van der Waals surface area contributed by atoms with Gasteiger partial charge in [-0.2, -0.15) is 0 Å². The van der Waals surface area contributed by atoms with Crippen molar-refractivity contribution in [1.29, 1.82) is 0 Å². The number of anilines is 2. The fourth-order valence-corrected chi connectivity index (χ4v) is 6.51. The molecule has 0 amide bonds. The lowest BCUT2D eigenvalue weighted by Gasteiger charge is -2.54. The Hall–Kier alpha value is -3.57. The molecule has 1 N–H and O–H groups in total. The van der Waals surface area contributed by atoms with Crippen molar-refractivity contribution in [3.05, 3.63) is 59.7 Å². The SMILES string of the molecule is CN1CCC2(CC1)CN(Cc1ccc(Nc3ncc(F)c(-c4cc(F)c5nc6n(c5c4)[C@H](CF)CC6)n3)nc1)C2. The van der Waals surface area contributed by atoms with Crippen molar-refractivity contribution in [2.24, 2.45) is 5.41 Å². The summed E-state index contributed by atoms with van der Waals surface area (Å²) in [5, 5.41) is 3.03. The Labute approximate surface area is 230 Å². The molecule has 1 spiro atoms. The molecule has 0 aliphatic carbocycles. The lowest BCUT2D eigenvalue weighted by Crippen LogP contribution is -2.59. The van der Waals surface area contributed by atoms with Crippen LogP contribution >= 0.6 is 0 Å². The van der Waals surface area contributed by atoms with E-state index in [4.69, 9.17) is 0 Å². The Kier molecular flexibility index (Phi) is 6.23. The number of hydrogen-bond acceptors (Lipinski definition) is 7. The summed E-state index contributed by atoms with van der Waals surface area (Å²) >= 11 is 0. The number of fused-ring (bicyclic) bond motifs is 3. The topological polar surface area (TPSA) is 75.0 Å². The summed E-state index contributed by atoms with van der Waals surface area (Å²) in [5.74, 6) is 0.0274. The Morgan fingerprint density at radius 1 is 1.02 bits per heavy atom. The van der Waals surface area contributed by atoms with E-state index in [1.165, 1.54) is 32.0 Å². The molecule has 0 unspecified atom stereocenters. The second-order valence-electron chi connectivity index (χ2n) is 11.6. The van der Waals surface area contributed by atoms with Crippen molar-refractivity contribution in [2.75, 3.05) is 45.2 Å². The number of likely N-dealkylation sites (tertiary alicyclic amines) is 2. The van der Waals surface area contributed by atoms with Crippen molar-refractivity contribution in [2.45, 2.75) is 38.3 Å². The normalized spacial score (nSPS) is 20.6. The van der Waals surface area contributed by atoms with E-state index in [0.29, 0.717) is 35.4 Å². The number of nitrogens with zero attached hydrogens (tertiary/aromatic N) is 7. The van der Waals surface area contributed by atoms with Gasteiger partial charge in [0.05, 0.1) is 17.8 Å². The van der Waals surface area contributed by atoms with Crippen molar-refractivity contribution in [3.8, 4) is 11.3 Å². The molecule has 3 aromatic heterocycles. The van der Waals surface area contributed by atoms with Gasteiger partial charge in [0.2, 0.25) is 5.95 Å². The smallest absolute Gasteiger partial charge is 0.229 e. The maximum atomic E-state index is 15.0. The first kappa shape index (κ1) is 25.4. The molecule has 11 heteroatoms. The van der Waals surface area contributed by atoms with Crippen LogP contribution in [0.1, 0.15) is 36.7 Å². The molecule has 3 aliphatic rings. The van der Waals surface area contributed by atoms with Crippen LogP contribution in [0.2, 0.25) is 0 Å². The third kappa shape index (κ3) is 4.50. The molecule has 8 nitrogen and oxygen atoms in total. The monoisotopic (exact) mass is 548 g/mol. The van der Waals surface area contributed by atoms with E-state index >= 15 is 4.39 Å². The Morgan fingerprint density at radius 3 is 2.60 bits per heavy atom. The fraction of sp³-hybridized carbons (Fsp3) is 0.448. The minimum Gasteiger partial charge on any atom is -0.322 e. The zero-order chi connectivity index (χ0) is 27.4. The van der Waals surface area contributed by atoms with E-state index in [1.54, 1.807) is 10.6 Å². The van der Waals surface area contributed by atoms with Crippen LogP contribution in [0.3, 0.4) is 0 Å². The van der Waals surface area contributed by atoms with Crippen LogP contribution in [0.5, 0.6) is 0 Å². The zero-order valence-electron chi connectivity index (χ0n) is 22.4. The van der Waals surface area contributed by atoms with Crippen molar-refractivity contribution >= 4 is 22.8 Å². The number of halogens is 3. The van der Waals surface area contributed by atoms with Crippen molar-refractivity contribution < 1.29 is 13.2 Å². The summed E-state index contributed by atoms with van der Waals surface area (Å²) in [5.41, 5.74) is 2.39. The molecule has 6 heterocycles. The number of hydrogen-bond donors (Lipinski definition) is 1. The van der Waals surface area contributed by atoms with E-state index in [1.807, 2.05) is 18.3 Å². The number of alkyl halides is 1. The molecular weight excluding hydrogens is 517 g/mol. The van der Waals surface area contributed by atoms with Gasteiger partial charge in [-0.15, -0.1) is 0 Å². The third-order valence-corrected chi connectivity index (χ3v) is 8.72. The van der Waals surface area contributed by atoms with Crippen molar-refractivity contribution in [1.82, 2.24) is 34.3 Å². The summed E-state index contributed by atoms with van der Waals surface area (Å²) in [6.07, 6.45) is 6.61.